The number of hydrogen-bond acceptors (Lipinski definition) is 5. The van der Waals surface area contributed by atoms with E-state index < -0.39 is 0 Å². The van der Waals surface area contributed by atoms with Crippen LogP contribution in [0.25, 0.3) is 0 Å². The van der Waals surface area contributed by atoms with E-state index in [-0.39, 0.29) is 11.6 Å². The molecule has 94 valence electrons. The summed E-state index contributed by atoms with van der Waals surface area (Å²) in [6.45, 7) is 3.88. The molecule has 0 radical (unpaired) electrons. The number of hydrogen-bond donors (Lipinski definition) is 1. The number of ether oxygens (including phenoxy) is 1. The molecule has 0 bridgehead atoms. The van der Waals surface area contributed by atoms with Crippen molar-refractivity contribution in [2.75, 3.05) is 13.2 Å². The Hall–Kier alpha value is -0.940. The molecule has 2 saturated heterocycles. The maximum atomic E-state index is 5.72. The van der Waals surface area contributed by atoms with Gasteiger partial charge in [0.1, 0.15) is 5.60 Å². The average molecular weight is 237 g/mol. The first-order valence-electron chi connectivity index (χ1n) is 6.49. The summed E-state index contributed by atoms with van der Waals surface area (Å²) in [4.78, 5) is 4.52. The minimum Gasteiger partial charge on any atom is -0.367 e. The average Bonchev–Trinajstić information content (AvgIpc) is 2.99. The topological polar surface area (TPSA) is 60.2 Å². The summed E-state index contributed by atoms with van der Waals surface area (Å²) in [6, 6.07) is 0.231. The van der Waals surface area contributed by atoms with Crippen molar-refractivity contribution >= 4 is 0 Å². The van der Waals surface area contributed by atoms with Gasteiger partial charge in [0.2, 0.25) is 11.7 Å². The number of aromatic nitrogens is 2. The van der Waals surface area contributed by atoms with Crippen LogP contribution in [0.2, 0.25) is 0 Å². The highest BCUT2D eigenvalue weighted by Crippen LogP contribution is 2.34. The normalized spacial score (nSPS) is 34.1. The molecule has 0 aromatic carbocycles. The van der Waals surface area contributed by atoms with Gasteiger partial charge in [0, 0.05) is 6.61 Å². The van der Waals surface area contributed by atoms with Gasteiger partial charge in [0.05, 0.1) is 6.04 Å². The fraction of sp³-hybridized carbons (Fsp3) is 0.833. The van der Waals surface area contributed by atoms with Crippen molar-refractivity contribution in [1.29, 1.82) is 0 Å². The molecule has 0 aliphatic carbocycles. The van der Waals surface area contributed by atoms with Gasteiger partial charge >= 0.3 is 0 Å². The molecule has 2 aliphatic heterocycles. The molecule has 2 fully saturated rings. The fourth-order valence-corrected chi connectivity index (χ4v) is 2.61. The van der Waals surface area contributed by atoms with Crippen LogP contribution < -0.4 is 5.32 Å². The van der Waals surface area contributed by atoms with Gasteiger partial charge in [-0.05, 0) is 39.2 Å². The molecular weight excluding hydrogens is 218 g/mol. The molecule has 0 spiro atoms. The third kappa shape index (κ3) is 2.09. The Morgan fingerprint density at radius 2 is 2.29 bits per heavy atom. The number of nitrogens with zero attached hydrogens (tertiary/aromatic N) is 2. The predicted octanol–water partition coefficient (Wildman–Crippen LogP) is 1.91. The Morgan fingerprint density at radius 3 is 3.00 bits per heavy atom. The zero-order valence-electron chi connectivity index (χ0n) is 10.2. The van der Waals surface area contributed by atoms with Gasteiger partial charge in [-0.3, -0.25) is 0 Å². The monoisotopic (exact) mass is 237 g/mol. The second kappa shape index (κ2) is 4.38. The van der Waals surface area contributed by atoms with Crippen LogP contribution >= 0.6 is 0 Å². The van der Waals surface area contributed by atoms with Crippen LogP contribution in [0.5, 0.6) is 0 Å². The van der Waals surface area contributed by atoms with Crippen molar-refractivity contribution in [1.82, 2.24) is 15.5 Å². The fourth-order valence-electron chi connectivity index (χ4n) is 2.61. The molecule has 3 heterocycles. The van der Waals surface area contributed by atoms with Crippen molar-refractivity contribution in [2.24, 2.45) is 0 Å². The second-order valence-electron chi connectivity index (χ2n) is 5.14. The molecule has 2 aliphatic rings. The lowest BCUT2D eigenvalue weighted by Crippen LogP contribution is -2.27. The van der Waals surface area contributed by atoms with Gasteiger partial charge < -0.3 is 14.6 Å². The van der Waals surface area contributed by atoms with E-state index in [1.54, 1.807) is 0 Å². The maximum absolute atomic E-state index is 5.72. The standard InChI is InChI=1S/C12H19N3O2/c1-12(6-4-8-16-12)11-14-10(17-15-11)9-5-2-3-7-13-9/h9,13H,2-8H2,1H3/t9-,12?/m1/s1. The van der Waals surface area contributed by atoms with Crippen LogP contribution in [0.15, 0.2) is 4.52 Å². The van der Waals surface area contributed by atoms with E-state index in [1.165, 1.54) is 12.8 Å². The smallest absolute Gasteiger partial charge is 0.243 e. The highest BCUT2D eigenvalue weighted by molar-refractivity contribution is 5.03. The first-order valence-corrected chi connectivity index (χ1v) is 6.49. The summed E-state index contributed by atoms with van der Waals surface area (Å²) < 4.78 is 11.1. The minimum absolute atomic E-state index is 0.231. The summed E-state index contributed by atoms with van der Waals surface area (Å²) in [5.74, 6) is 1.42. The van der Waals surface area contributed by atoms with Crippen molar-refractivity contribution < 1.29 is 9.26 Å². The molecule has 1 aromatic heterocycles. The van der Waals surface area contributed by atoms with Gasteiger partial charge in [-0.25, -0.2) is 0 Å². The molecule has 1 N–H and O–H groups in total. The van der Waals surface area contributed by atoms with Crippen LogP contribution in [0, 0.1) is 0 Å². The molecule has 1 unspecified atom stereocenters. The number of piperidine rings is 1. The van der Waals surface area contributed by atoms with E-state index in [4.69, 9.17) is 9.26 Å². The minimum atomic E-state index is -0.337. The lowest BCUT2D eigenvalue weighted by atomic mass is 10.0. The Kier molecular flexibility index (Phi) is 2.88. The maximum Gasteiger partial charge on any atom is 0.243 e. The van der Waals surface area contributed by atoms with Gasteiger partial charge in [-0.15, -0.1) is 0 Å². The first kappa shape index (κ1) is 11.2. The number of nitrogens with one attached hydrogen (secondary N) is 1. The van der Waals surface area contributed by atoms with Crippen molar-refractivity contribution in [3.05, 3.63) is 11.7 Å². The third-order valence-electron chi connectivity index (χ3n) is 3.74. The van der Waals surface area contributed by atoms with E-state index in [1.807, 2.05) is 6.92 Å². The summed E-state index contributed by atoms with van der Waals surface area (Å²) >= 11 is 0. The highest BCUT2D eigenvalue weighted by Gasteiger charge is 2.37. The lowest BCUT2D eigenvalue weighted by Gasteiger charge is -2.20. The van der Waals surface area contributed by atoms with E-state index in [0.717, 1.165) is 38.3 Å². The molecule has 0 saturated carbocycles. The Labute approximate surface area is 101 Å². The summed E-state index contributed by atoms with van der Waals surface area (Å²) in [6.07, 6.45) is 5.59. The van der Waals surface area contributed by atoms with Crippen LogP contribution in [-0.4, -0.2) is 23.3 Å². The summed E-state index contributed by atoms with van der Waals surface area (Å²) in [5, 5.41) is 7.51. The molecule has 5 nitrogen and oxygen atoms in total. The molecule has 17 heavy (non-hydrogen) atoms. The van der Waals surface area contributed by atoms with Gasteiger partial charge in [-0.1, -0.05) is 11.6 Å². The summed E-state index contributed by atoms with van der Waals surface area (Å²) in [5.41, 5.74) is -0.337. The lowest BCUT2D eigenvalue weighted by molar-refractivity contribution is 0.00768. The molecule has 5 heteroatoms. The molecule has 0 amide bonds. The largest absolute Gasteiger partial charge is 0.367 e. The van der Waals surface area contributed by atoms with Crippen LogP contribution in [-0.2, 0) is 10.3 Å². The predicted molar refractivity (Wildman–Crippen MR) is 61.4 cm³/mol. The molecule has 3 rings (SSSR count). The Morgan fingerprint density at radius 1 is 1.35 bits per heavy atom. The van der Waals surface area contributed by atoms with Crippen molar-refractivity contribution in [2.45, 2.75) is 50.7 Å². The van der Waals surface area contributed by atoms with E-state index in [2.05, 4.69) is 15.5 Å². The zero-order valence-corrected chi connectivity index (χ0v) is 10.2. The van der Waals surface area contributed by atoms with Crippen LogP contribution in [0.4, 0.5) is 0 Å². The third-order valence-corrected chi connectivity index (χ3v) is 3.74. The molecular formula is C12H19N3O2. The summed E-state index contributed by atoms with van der Waals surface area (Å²) in [7, 11) is 0. The SMILES string of the molecule is CC1(c2noc([C@H]3CCCCN3)n2)CCCO1. The van der Waals surface area contributed by atoms with Gasteiger partial charge in [-0.2, -0.15) is 4.98 Å². The molecule has 2 atom stereocenters. The second-order valence-corrected chi connectivity index (χ2v) is 5.14. The van der Waals surface area contributed by atoms with E-state index in [0.29, 0.717) is 5.82 Å². The Balaban J connectivity index is 1.77. The highest BCUT2D eigenvalue weighted by atomic mass is 16.5. The molecule has 1 aromatic rings. The van der Waals surface area contributed by atoms with Gasteiger partial charge in [0.25, 0.3) is 0 Å². The van der Waals surface area contributed by atoms with E-state index in [9.17, 15) is 0 Å². The van der Waals surface area contributed by atoms with Crippen molar-refractivity contribution in [3.8, 4) is 0 Å². The van der Waals surface area contributed by atoms with Gasteiger partial charge in [0.15, 0.2) is 0 Å². The number of rotatable bonds is 2. The Bertz CT molecular complexity index is 379. The zero-order chi connectivity index (χ0) is 11.7. The quantitative estimate of drug-likeness (QED) is 0.851. The van der Waals surface area contributed by atoms with E-state index >= 15 is 0 Å². The van der Waals surface area contributed by atoms with Crippen LogP contribution in [0.3, 0.4) is 0 Å². The van der Waals surface area contributed by atoms with Crippen LogP contribution in [0.1, 0.15) is 56.8 Å². The first-order chi connectivity index (χ1) is 8.28. The van der Waals surface area contributed by atoms with Crippen molar-refractivity contribution in [3.63, 3.8) is 0 Å².